The van der Waals surface area contributed by atoms with Crippen molar-refractivity contribution in [2.75, 3.05) is 33.3 Å². The Labute approximate surface area is 192 Å². The molecule has 1 aliphatic heterocycles. The maximum Gasteiger partial charge on any atom is 0.341 e. The number of carbonyl (C=O) groups is 2. The SMILES string of the molecule is CN(C(=O)Cc1cc2ccccc2o1)C(CN1CCC(O)C1)c1cccc(OCC(=O)O)c1. The van der Waals surface area contributed by atoms with Gasteiger partial charge in [-0.3, -0.25) is 9.69 Å². The topological polar surface area (TPSA) is 103 Å². The van der Waals surface area contributed by atoms with E-state index in [1.165, 1.54) is 0 Å². The zero-order valence-corrected chi connectivity index (χ0v) is 18.5. The van der Waals surface area contributed by atoms with Crippen LogP contribution in [0.2, 0.25) is 0 Å². The van der Waals surface area contributed by atoms with Gasteiger partial charge in [0.1, 0.15) is 17.1 Å². The molecule has 0 radical (unpaired) electrons. The van der Waals surface area contributed by atoms with Gasteiger partial charge in [0, 0.05) is 32.1 Å². The summed E-state index contributed by atoms with van der Waals surface area (Å²) in [6.07, 6.45) is 0.456. The third kappa shape index (κ3) is 5.71. The average Bonchev–Trinajstić information content (AvgIpc) is 3.40. The molecule has 0 saturated carbocycles. The number of nitrogens with zero attached hydrogens (tertiary/aromatic N) is 2. The number of amides is 1. The average molecular weight is 453 g/mol. The summed E-state index contributed by atoms with van der Waals surface area (Å²) in [7, 11) is 1.76. The van der Waals surface area contributed by atoms with E-state index < -0.39 is 12.6 Å². The minimum Gasteiger partial charge on any atom is -0.482 e. The van der Waals surface area contributed by atoms with Crippen molar-refractivity contribution in [3.05, 3.63) is 65.9 Å². The number of aliphatic hydroxyl groups excluding tert-OH is 1. The monoisotopic (exact) mass is 452 g/mol. The predicted molar refractivity (Wildman–Crippen MR) is 122 cm³/mol. The van der Waals surface area contributed by atoms with Crippen molar-refractivity contribution in [2.24, 2.45) is 0 Å². The van der Waals surface area contributed by atoms with Crippen molar-refractivity contribution in [3.8, 4) is 5.75 Å². The number of aliphatic hydroxyl groups is 1. The number of carboxylic acid groups (broad SMARTS) is 1. The van der Waals surface area contributed by atoms with Crippen LogP contribution in [0.5, 0.6) is 5.75 Å². The minimum absolute atomic E-state index is 0.101. The van der Waals surface area contributed by atoms with Gasteiger partial charge in [0.15, 0.2) is 6.61 Å². The molecular weight excluding hydrogens is 424 g/mol. The van der Waals surface area contributed by atoms with Crippen molar-refractivity contribution in [1.29, 1.82) is 0 Å². The van der Waals surface area contributed by atoms with Crippen LogP contribution in [0.25, 0.3) is 11.0 Å². The van der Waals surface area contributed by atoms with Crippen molar-refractivity contribution >= 4 is 22.8 Å². The summed E-state index contributed by atoms with van der Waals surface area (Å²) in [5.74, 6) is -0.127. The molecular formula is C25H28N2O6. The number of fused-ring (bicyclic) bond motifs is 1. The zero-order valence-electron chi connectivity index (χ0n) is 18.5. The van der Waals surface area contributed by atoms with Crippen LogP contribution in [-0.4, -0.2) is 71.3 Å². The molecule has 3 aromatic rings. The summed E-state index contributed by atoms with van der Waals surface area (Å²) in [5.41, 5.74) is 1.58. The molecule has 174 valence electrons. The largest absolute Gasteiger partial charge is 0.482 e. The quantitative estimate of drug-likeness (QED) is 0.514. The highest BCUT2D eigenvalue weighted by atomic mass is 16.5. The van der Waals surface area contributed by atoms with Crippen molar-refractivity contribution < 1.29 is 29.0 Å². The Morgan fingerprint density at radius 2 is 2.03 bits per heavy atom. The molecule has 1 saturated heterocycles. The third-order valence-electron chi connectivity index (χ3n) is 5.95. The standard InChI is InChI=1S/C25H28N2O6/c1-26(24(29)13-21-12-18-5-2-3-8-23(18)33-21)22(15-27-10-9-19(28)14-27)17-6-4-7-20(11-17)32-16-25(30)31/h2-8,11-12,19,22,28H,9-10,13-16H2,1H3,(H,30,31). The van der Waals surface area contributed by atoms with E-state index in [9.17, 15) is 14.7 Å². The van der Waals surface area contributed by atoms with Crippen LogP contribution in [0.15, 0.2) is 59.0 Å². The van der Waals surface area contributed by atoms with Crippen LogP contribution >= 0.6 is 0 Å². The van der Waals surface area contributed by atoms with Crippen molar-refractivity contribution in [2.45, 2.75) is 25.0 Å². The Balaban J connectivity index is 1.54. The first kappa shape index (κ1) is 22.8. The van der Waals surface area contributed by atoms with Crippen LogP contribution in [0.3, 0.4) is 0 Å². The predicted octanol–water partition coefficient (Wildman–Crippen LogP) is 2.71. The zero-order chi connectivity index (χ0) is 23.4. The highest BCUT2D eigenvalue weighted by molar-refractivity contribution is 5.82. The van der Waals surface area contributed by atoms with E-state index in [2.05, 4.69) is 4.90 Å². The highest BCUT2D eigenvalue weighted by Crippen LogP contribution is 2.27. The first-order valence-corrected chi connectivity index (χ1v) is 11.0. The summed E-state index contributed by atoms with van der Waals surface area (Å²) in [4.78, 5) is 27.9. The number of β-amino-alcohol motifs (C(OH)–C–C–N with tert-alkyl or cyclic N) is 1. The van der Waals surface area contributed by atoms with E-state index in [1.54, 1.807) is 30.1 Å². The van der Waals surface area contributed by atoms with Gasteiger partial charge in [-0.25, -0.2) is 4.79 Å². The van der Waals surface area contributed by atoms with E-state index in [1.807, 2.05) is 36.4 Å². The number of likely N-dealkylation sites (tertiary alicyclic amines) is 1. The Bertz CT molecular complexity index is 1090. The maximum absolute atomic E-state index is 13.2. The molecule has 2 heterocycles. The molecule has 33 heavy (non-hydrogen) atoms. The molecule has 0 spiro atoms. The van der Waals surface area contributed by atoms with Crippen LogP contribution in [0, 0.1) is 0 Å². The van der Waals surface area contributed by atoms with Crippen molar-refractivity contribution in [3.63, 3.8) is 0 Å². The summed E-state index contributed by atoms with van der Waals surface area (Å²) >= 11 is 0. The lowest BCUT2D eigenvalue weighted by molar-refractivity contribution is -0.139. The lowest BCUT2D eigenvalue weighted by atomic mass is 10.0. The van der Waals surface area contributed by atoms with E-state index in [-0.39, 0.29) is 24.5 Å². The Morgan fingerprint density at radius 3 is 2.76 bits per heavy atom. The lowest BCUT2D eigenvalue weighted by Crippen LogP contribution is -2.39. The van der Waals surface area contributed by atoms with Crippen LogP contribution in [-0.2, 0) is 16.0 Å². The fraction of sp³-hybridized carbons (Fsp3) is 0.360. The maximum atomic E-state index is 13.2. The number of hydrogen-bond acceptors (Lipinski definition) is 6. The summed E-state index contributed by atoms with van der Waals surface area (Å²) in [6.45, 7) is 1.41. The molecule has 1 fully saturated rings. The molecule has 0 aliphatic carbocycles. The molecule has 2 aromatic carbocycles. The second-order valence-electron chi connectivity index (χ2n) is 8.40. The molecule has 4 rings (SSSR count). The summed E-state index contributed by atoms with van der Waals surface area (Å²) in [5, 5.41) is 19.8. The van der Waals surface area contributed by atoms with Crippen LogP contribution in [0.1, 0.15) is 23.8 Å². The Hall–Kier alpha value is -3.36. The molecule has 2 unspecified atom stereocenters. The normalized spacial score (nSPS) is 17.2. The van der Waals surface area contributed by atoms with Gasteiger partial charge in [0.2, 0.25) is 5.91 Å². The number of likely N-dealkylation sites (N-methyl/N-ethyl adjacent to an activating group) is 1. The van der Waals surface area contributed by atoms with E-state index >= 15 is 0 Å². The molecule has 2 atom stereocenters. The van der Waals surface area contributed by atoms with E-state index in [0.717, 1.165) is 23.1 Å². The van der Waals surface area contributed by atoms with Gasteiger partial charge >= 0.3 is 5.97 Å². The van der Waals surface area contributed by atoms with Gasteiger partial charge < -0.3 is 24.3 Å². The molecule has 2 N–H and O–H groups in total. The van der Waals surface area contributed by atoms with Gasteiger partial charge in [-0.05, 0) is 36.2 Å². The Kier molecular flexibility index (Phi) is 6.96. The number of hydrogen-bond donors (Lipinski definition) is 2. The number of rotatable bonds is 9. The number of carboxylic acids is 1. The fourth-order valence-corrected chi connectivity index (χ4v) is 4.20. The first-order valence-electron chi connectivity index (χ1n) is 11.0. The number of aliphatic carboxylic acids is 1. The second kappa shape index (κ2) is 10.1. The van der Waals surface area contributed by atoms with E-state index in [0.29, 0.717) is 31.0 Å². The number of ether oxygens (including phenoxy) is 1. The minimum atomic E-state index is -1.05. The molecule has 8 nitrogen and oxygen atoms in total. The van der Waals surface area contributed by atoms with Gasteiger partial charge in [0.25, 0.3) is 0 Å². The Morgan fingerprint density at radius 1 is 1.21 bits per heavy atom. The van der Waals surface area contributed by atoms with Gasteiger partial charge in [-0.2, -0.15) is 0 Å². The van der Waals surface area contributed by atoms with E-state index in [4.69, 9.17) is 14.3 Å². The van der Waals surface area contributed by atoms with Gasteiger partial charge in [-0.1, -0.05) is 30.3 Å². The van der Waals surface area contributed by atoms with Crippen LogP contribution < -0.4 is 4.74 Å². The first-order chi connectivity index (χ1) is 15.9. The number of para-hydroxylation sites is 1. The molecule has 0 bridgehead atoms. The number of furan rings is 1. The highest BCUT2D eigenvalue weighted by Gasteiger charge is 2.29. The summed E-state index contributed by atoms with van der Waals surface area (Å²) in [6, 6.07) is 16.4. The lowest BCUT2D eigenvalue weighted by Gasteiger charge is -2.32. The fourth-order valence-electron chi connectivity index (χ4n) is 4.20. The van der Waals surface area contributed by atoms with Crippen molar-refractivity contribution in [1.82, 2.24) is 9.80 Å². The van der Waals surface area contributed by atoms with Gasteiger partial charge in [-0.15, -0.1) is 0 Å². The number of benzene rings is 2. The van der Waals surface area contributed by atoms with Gasteiger partial charge in [0.05, 0.1) is 18.6 Å². The molecule has 1 amide bonds. The third-order valence-corrected chi connectivity index (χ3v) is 5.95. The summed E-state index contributed by atoms with van der Waals surface area (Å²) < 4.78 is 11.2. The smallest absolute Gasteiger partial charge is 0.341 e. The molecule has 8 heteroatoms. The second-order valence-corrected chi connectivity index (χ2v) is 8.40. The molecule has 1 aliphatic rings. The van der Waals surface area contributed by atoms with Crippen LogP contribution in [0.4, 0.5) is 0 Å². The molecule has 1 aromatic heterocycles. The number of carbonyl (C=O) groups excluding carboxylic acids is 1.